The van der Waals surface area contributed by atoms with Crippen molar-refractivity contribution >= 4 is 15.9 Å². The van der Waals surface area contributed by atoms with Crippen molar-refractivity contribution in [2.45, 2.75) is 46.6 Å². The smallest absolute Gasteiger partial charge is 0.0593 e. The quantitative estimate of drug-likeness (QED) is 0.451. The minimum Gasteiger partial charge on any atom is -0.380 e. The summed E-state index contributed by atoms with van der Waals surface area (Å²) in [7, 11) is 0. The molecule has 0 aliphatic carbocycles. The normalized spacial score (nSPS) is 12.0. The van der Waals surface area contributed by atoms with Crippen molar-refractivity contribution in [3.8, 4) is 0 Å². The lowest BCUT2D eigenvalue weighted by atomic mass is 10.1. The highest BCUT2D eigenvalue weighted by atomic mass is 79.9. The first-order chi connectivity index (χ1) is 7.57. The van der Waals surface area contributed by atoms with Crippen molar-refractivity contribution in [2.24, 2.45) is 5.92 Å². The molecule has 0 atom stereocenters. The van der Waals surface area contributed by atoms with Gasteiger partial charge in [0.2, 0.25) is 0 Å². The number of nitrogens with zero attached hydrogens (tertiary/aromatic N) is 1. The standard InChI is InChI=1S/C13H28BrNO/c1-12(2)6-10-16-11-9-15(13(3)4)8-5-7-14/h12-13H,5-11H2,1-4H3. The fourth-order valence-corrected chi connectivity index (χ4v) is 1.74. The van der Waals surface area contributed by atoms with Gasteiger partial charge >= 0.3 is 0 Å². The van der Waals surface area contributed by atoms with Crippen LogP contribution in [0.15, 0.2) is 0 Å². The highest BCUT2D eigenvalue weighted by molar-refractivity contribution is 9.09. The lowest BCUT2D eigenvalue weighted by Gasteiger charge is -2.26. The summed E-state index contributed by atoms with van der Waals surface area (Å²) < 4.78 is 5.65. The molecule has 0 bridgehead atoms. The highest BCUT2D eigenvalue weighted by Gasteiger charge is 2.08. The largest absolute Gasteiger partial charge is 0.380 e. The van der Waals surface area contributed by atoms with Crippen molar-refractivity contribution in [3.63, 3.8) is 0 Å². The Morgan fingerprint density at radius 1 is 1.06 bits per heavy atom. The molecule has 0 rings (SSSR count). The minimum atomic E-state index is 0.618. The first kappa shape index (κ1) is 16.4. The molecule has 16 heavy (non-hydrogen) atoms. The van der Waals surface area contributed by atoms with E-state index in [0.29, 0.717) is 6.04 Å². The van der Waals surface area contributed by atoms with E-state index in [-0.39, 0.29) is 0 Å². The monoisotopic (exact) mass is 293 g/mol. The van der Waals surface area contributed by atoms with Gasteiger partial charge in [0.05, 0.1) is 6.61 Å². The zero-order valence-electron chi connectivity index (χ0n) is 11.3. The predicted molar refractivity (Wildman–Crippen MR) is 75.4 cm³/mol. The van der Waals surface area contributed by atoms with Crippen LogP contribution in [0.4, 0.5) is 0 Å². The summed E-state index contributed by atoms with van der Waals surface area (Å²) >= 11 is 3.48. The predicted octanol–water partition coefficient (Wildman–Crippen LogP) is 3.54. The Kier molecular flexibility index (Phi) is 10.8. The number of hydrogen-bond donors (Lipinski definition) is 0. The van der Waals surface area contributed by atoms with E-state index in [1.54, 1.807) is 0 Å². The van der Waals surface area contributed by atoms with E-state index in [4.69, 9.17) is 4.74 Å². The molecule has 0 fully saturated rings. The second kappa shape index (κ2) is 10.5. The van der Waals surface area contributed by atoms with Gasteiger partial charge in [-0.25, -0.2) is 0 Å². The Hall–Kier alpha value is 0.400. The van der Waals surface area contributed by atoms with Crippen molar-refractivity contribution in [1.29, 1.82) is 0 Å². The third kappa shape index (κ3) is 9.61. The van der Waals surface area contributed by atoms with Gasteiger partial charge in [-0.05, 0) is 39.2 Å². The second-order valence-electron chi connectivity index (χ2n) is 4.97. The Bertz CT molecular complexity index is 151. The molecule has 0 aromatic rings. The van der Waals surface area contributed by atoms with E-state index in [9.17, 15) is 0 Å². The van der Waals surface area contributed by atoms with Crippen LogP contribution in [0.25, 0.3) is 0 Å². The van der Waals surface area contributed by atoms with Gasteiger partial charge in [0, 0.05) is 24.5 Å². The van der Waals surface area contributed by atoms with E-state index in [2.05, 4.69) is 48.5 Å². The highest BCUT2D eigenvalue weighted by Crippen LogP contribution is 2.02. The minimum absolute atomic E-state index is 0.618. The van der Waals surface area contributed by atoms with Crippen LogP contribution in [0.5, 0.6) is 0 Å². The van der Waals surface area contributed by atoms with Gasteiger partial charge in [-0.2, -0.15) is 0 Å². The van der Waals surface area contributed by atoms with Crippen LogP contribution >= 0.6 is 15.9 Å². The zero-order valence-corrected chi connectivity index (χ0v) is 12.9. The summed E-state index contributed by atoms with van der Waals surface area (Å²) in [5.41, 5.74) is 0. The van der Waals surface area contributed by atoms with Gasteiger partial charge in [0.1, 0.15) is 0 Å². The molecule has 0 spiro atoms. The Morgan fingerprint density at radius 2 is 1.75 bits per heavy atom. The molecule has 0 saturated carbocycles. The molecule has 0 heterocycles. The number of hydrogen-bond acceptors (Lipinski definition) is 2. The molecule has 0 radical (unpaired) electrons. The fourth-order valence-electron chi connectivity index (χ4n) is 1.49. The maximum atomic E-state index is 5.65. The SMILES string of the molecule is CC(C)CCOCCN(CCCBr)C(C)C. The van der Waals surface area contributed by atoms with Gasteiger partial charge in [0.25, 0.3) is 0 Å². The van der Waals surface area contributed by atoms with Crippen LogP contribution < -0.4 is 0 Å². The number of alkyl halides is 1. The first-order valence-corrected chi connectivity index (χ1v) is 7.57. The molecule has 0 aromatic heterocycles. The summed E-state index contributed by atoms with van der Waals surface area (Å²) in [5.74, 6) is 0.745. The second-order valence-corrected chi connectivity index (χ2v) is 5.76. The van der Waals surface area contributed by atoms with Crippen LogP contribution in [0.2, 0.25) is 0 Å². The molecule has 3 heteroatoms. The molecule has 0 aliphatic rings. The summed E-state index contributed by atoms with van der Waals surface area (Å²) in [6, 6.07) is 0.618. The Morgan fingerprint density at radius 3 is 2.25 bits per heavy atom. The van der Waals surface area contributed by atoms with Crippen LogP contribution in [0.3, 0.4) is 0 Å². The molecule has 0 saturated heterocycles. The molecule has 0 N–H and O–H groups in total. The van der Waals surface area contributed by atoms with E-state index >= 15 is 0 Å². The average Bonchev–Trinajstić information content (AvgIpc) is 2.21. The molecule has 0 amide bonds. The maximum absolute atomic E-state index is 5.65. The summed E-state index contributed by atoms with van der Waals surface area (Å²) in [5, 5.41) is 1.09. The van der Waals surface area contributed by atoms with Crippen molar-refractivity contribution in [1.82, 2.24) is 4.90 Å². The van der Waals surface area contributed by atoms with Crippen molar-refractivity contribution in [3.05, 3.63) is 0 Å². The molecule has 98 valence electrons. The summed E-state index contributed by atoms with van der Waals surface area (Å²) in [6.45, 7) is 13.0. The fraction of sp³-hybridized carbons (Fsp3) is 1.00. The molecular formula is C13H28BrNO. The number of ether oxygens (including phenoxy) is 1. The third-order valence-corrected chi connectivity index (χ3v) is 3.23. The van der Waals surface area contributed by atoms with E-state index in [1.165, 1.54) is 12.8 Å². The van der Waals surface area contributed by atoms with Crippen LogP contribution in [-0.2, 0) is 4.74 Å². The van der Waals surface area contributed by atoms with E-state index in [1.807, 2.05) is 0 Å². The van der Waals surface area contributed by atoms with Crippen molar-refractivity contribution in [2.75, 3.05) is 31.6 Å². The molecule has 0 aromatic carbocycles. The number of halogens is 1. The van der Waals surface area contributed by atoms with Crippen LogP contribution in [0, 0.1) is 5.92 Å². The molecular weight excluding hydrogens is 266 g/mol. The average molecular weight is 294 g/mol. The molecule has 2 nitrogen and oxygen atoms in total. The lowest BCUT2D eigenvalue weighted by molar-refractivity contribution is 0.0863. The summed E-state index contributed by atoms with van der Waals surface area (Å²) in [4.78, 5) is 2.48. The Balaban J connectivity index is 3.52. The van der Waals surface area contributed by atoms with Crippen LogP contribution in [-0.4, -0.2) is 42.6 Å². The van der Waals surface area contributed by atoms with Gasteiger partial charge in [-0.1, -0.05) is 29.8 Å². The van der Waals surface area contributed by atoms with Gasteiger partial charge in [0.15, 0.2) is 0 Å². The molecule has 0 unspecified atom stereocenters. The zero-order chi connectivity index (χ0) is 12.4. The van der Waals surface area contributed by atoms with E-state index in [0.717, 1.165) is 37.6 Å². The summed E-state index contributed by atoms with van der Waals surface area (Å²) in [6.07, 6.45) is 2.38. The maximum Gasteiger partial charge on any atom is 0.0593 e. The van der Waals surface area contributed by atoms with Gasteiger partial charge in [-0.15, -0.1) is 0 Å². The van der Waals surface area contributed by atoms with Crippen LogP contribution in [0.1, 0.15) is 40.5 Å². The number of rotatable bonds is 10. The van der Waals surface area contributed by atoms with E-state index < -0.39 is 0 Å². The lowest BCUT2D eigenvalue weighted by Crippen LogP contribution is -2.35. The van der Waals surface area contributed by atoms with Crippen molar-refractivity contribution < 1.29 is 4.74 Å². The first-order valence-electron chi connectivity index (χ1n) is 6.45. The third-order valence-electron chi connectivity index (χ3n) is 2.67. The van der Waals surface area contributed by atoms with Gasteiger partial charge < -0.3 is 4.74 Å². The van der Waals surface area contributed by atoms with Gasteiger partial charge in [-0.3, -0.25) is 4.90 Å². The Labute approximate surface area is 110 Å². The molecule has 0 aliphatic heterocycles. The topological polar surface area (TPSA) is 12.5 Å².